The molecule has 0 amide bonds. The van der Waals surface area contributed by atoms with Gasteiger partial charge >= 0.3 is 6.61 Å². The molecule has 1 N–H and O–H groups in total. The van der Waals surface area contributed by atoms with Crippen molar-refractivity contribution in [1.29, 1.82) is 0 Å². The highest BCUT2D eigenvalue weighted by Gasteiger charge is 2.17. The highest BCUT2D eigenvalue weighted by atomic mass is 79.9. The first kappa shape index (κ1) is 20.6. The third-order valence-electron chi connectivity index (χ3n) is 3.00. The Morgan fingerprint density at radius 3 is 2.38 bits per heavy atom. The molecule has 1 heterocycles. The summed E-state index contributed by atoms with van der Waals surface area (Å²) in [5, 5.41) is 3.22. The number of rotatable bonds is 4. The van der Waals surface area contributed by atoms with Gasteiger partial charge in [-0.15, -0.1) is 0 Å². The number of carbonyl (C=O) groups excluding carboxylic acids is 1. The van der Waals surface area contributed by atoms with Gasteiger partial charge in [0.1, 0.15) is 5.60 Å². The van der Waals surface area contributed by atoms with Crippen molar-refractivity contribution in [2.24, 2.45) is 0 Å². The second kappa shape index (κ2) is 9.78. The summed E-state index contributed by atoms with van der Waals surface area (Å²) in [6.07, 6.45) is 0. The molecule has 8 heteroatoms. The van der Waals surface area contributed by atoms with Crippen LogP contribution in [0.5, 0.6) is 5.75 Å². The zero-order chi connectivity index (χ0) is 18.2. The smallest absolute Gasteiger partial charge is 0.387 e. The van der Waals surface area contributed by atoms with E-state index in [4.69, 9.17) is 0 Å². The van der Waals surface area contributed by atoms with E-state index in [9.17, 15) is 13.6 Å². The molecule has 0 radical (unpaired) electrons. The maximum Gasteiger partial charge on any atom is 0.387 e. The van der Waals surface area contributed by atoms with E-state index in [1.165, 1.54) is 0 Å². The van der Waals surface area contributed by atoms with Crippen LogP contribution in [-0.2, 0) is 9.53 Å². The van der Waals surface area contributed by atoms with Crippen LogP contribution in [-0.4, -0.2) is 44.9 Å². The number of ether oxygens (including phenoxy) is 2. The summed E-state index contributed by atoms with van der Waals surface area (Å²) in [4.78, 5) is 11.6. The number of nitrogens with one attached hydrogen (secondary N) is 1. The molecule has 1 saturated heterocycles. The van der Waals surface area contributed by atoms with Gasteiger partial charge in [0.15, 0.2) is 5.75 Å². The van der Waals surface area contributed by atoms with Gasteiger partial charge in [0.05, 0.1) is 5.69 Å². The molecule has 1 aliphatic rings. The van der Waals surface area contributed by atoms with Gasteiger partial charge in [-0.05, 0) is 39.0 Å². The monoisotopic (exact) mass is 408 g/mol. The molecule has 0 spiro atoms. The predicted octanol–water partition coefficient (Wildman–Crippen LogP) is 3.42. The van der Waals surface area contributed by atoms with E-state index in [2.05, 4.69) is 30.7 Å². The van der Waals surface area contributed by atoms with E-state index in [0.717, 1.165) is 36.3 Å². The zero-order valence-corrected chi connectivity index (χ0v) is 15.6. The molecule has 0 saturated carbocycles. The van der Waals surface area contributed by atoms with Gasteiger partial charge in [-0.25, -0.2) is 0 Å². The normalized spacial score (nSPS) is 14.7. The fourth-order valence-electron chi connectivity index (χ4n) is 1.99. The van der Waals surface area contributed by atoms with Crippen molar-refractivity contribution < 1.29 is 23.0 Å². The van der Waals surface area contributed by atoms with Crippen LogP contribution in [0.1, 0.15) is 20.8 Å². The van der Waals surface area contributed by atoms with E-state index >= 15 is 0 Å². The molecule has 136 valence electrons. The summed E-state index contributed by atoms with van der Waals surface area (Å²) in [6.45, 7) is 6.41. The Balaban J connectivity index is 0.000000351. The first-order valence-electron chi connectivity index (χ1n) is 7.54. The zero-order valence-electron chi connectivity index (χ0n) is 14.0. The lowest BCUT2D eigenvalue weighted by molar-refractivity contribution is -0.138. The number of halogens is 3. The van der Waals surface area contributed by atoms with E-state index in [-0.39, 0.29) is 11.4 Å². The van der Waals surface area contributed by atoms with Crippen LogP contribution >= 0.6 is 15.9 Å². The maximum absolute atomic E-state index is 12.3. The average molecular weight is 409 g/mol. The number of nitrogens with zero attached hydrogens (tertiary/aromatic N) is 1. The highest BCUT2D eigenvalue weighted by Crippen LogP contribution is 2.32. The Morgan fingerprint density at radius 2 is 1.92 bits per heavy atom. The number of hydrogen-bond donors (Lipinski definition) is 1. The molecule has 24 heavy (non-hydrogen) atoms. The minimum atomic E-state index is -2.80. The Bertz CT molecular complexity index is 519. The standard InChI is InChI=1S/C11H13BrF2N2O.C5H10O2/c12-8-1-2-9(10(7-8)17-11(13)14)16-5-3-15-4-6-16;1-5(2,3)7-4-6/h1-2,7,11,15H,3-6H2;4H,1-3H3. The number of alkyl halides is 2. The quantitative estimate of drug-likeness (QED) is 0.773. The van der Waals surface area contributed by atoms with Crippen molar-refractivity contribution in [3.05, 3.63) is 22.7 Å². The van der Waals surface area contributed by atoms with Crippen molar-refractivity contribution in [2.75, 3.05) is 31.1 Å². The van der Waals surface area contributed by atoms with Crippen LogP contribution < -0.4 is 15.0 Å². The molecular weight excluding hydrogens is 386 g/mol. The molecule has 1 aromatic carbocycles. The second-order valence-electron chi connectivity index (χ2n) is 6.05. The first-order chi connectivity index (χ1) is 11.2. The minimum Gasteiger partial charge on any atom is -0.462 e. The van der Waals surface area contributed by atoms with Gasteiger partial charge in [-0.1, -0.05) is 15.9 Å². The molecule has 0 bridgehead atoms. The van der Waals surface area contributed by atoms with Gasteiger partial charge in [-0.2, -0.15) is 8.78 Å². The molecule has 0 aliphatic carbocycles. The number of carbonyl (C=O) groups is 1. The van der Waals surface area contributed by atoms with Crippen LogP contribution in [0.2, 0.25) is 0 Å². The summed E-state index contributed by atoms with van der Waals surface area (Å²) in [5.41, 5.74) is 0.400. The number of anilines is 1. The van der Waals surface area contributed by atoms with Crippen LogP contribution in [0.25, 0.3) is 0 Å². The lowest BCUT2D eigenvalue weighted by Gasteiger charge is -2.30. The van der Waals surface area contributed by atoms with Crippen molar-refractivity contribution in [1.82, 2.24) is 5.32 Å². The Hall–Kier alpha value is -1.41. The summed E-state index contributed by atoms with van der Waals surface area (Å²) >= 11 is 3.25. The fourth-order valence-corrected chi connectivity index (χ4v) is 2.33. The predicted molar refractivity (Wildman–Crippen MR) is 92.8 cm³/mol. The van der Waals surface area contributed by atoms with Crippen LogP contribution in [0.15, 0.2) is 22.7 Å². The fraction of sp³-hybridized carbons (Fsp3) is 0.562. The molecule has 0 aromatic heterocycles. The minimum absolute atomic E-state index is 0.219. The second-order valence-corrected chi connectivity index (χ2v) is 6.97. The van der Waals surface area contributed by atoms with Crippen molar-refractivity contribution in [2.45, 2.75) is 33.0 Å². The molecule has 0 atom stereocenters. The summed E-state index contributed by atoms with van der Waals surface area (Å²) < 4.78 is 34.5. The van der Waals surface area contributed by atoms with E-state index in [1.807, 2.05) is 31.7 Å². The SMILES string of the molecule is CC(C)(C)OC=O.FC(F)Oc1cc(Br)ccc1N1CCNCC1. The first-order valence-corrected chi connectivity index (χ1v) is 8.33. The Morgan fingerprint density at radius 1 is 1.29 bits per heavy atom. The Kier molecular flexibility index (Phi) is 8.41. The molecule has 0 unspecified atom stereocenters. The molecule has 1 aliphatic heterocycles. The summed E-state index contributed by atoms with van der Waals surface area (Å²) in [6, 6.07) is 5.20. The van der Waals surface area contributed by atoms with Crippen molar-refractivity contribution >= 4 is 28.1 Å². The van der Waals surface area contributed by atoms with Gasteiger partial charge in [0.25, 0.3) is 6.47 Å². The van der Waals surface area contributed by atoms with E-state index < -0.39 is 6.61 Å². The van der Waals surface area contributed by atoms with E-state index in [1.54, 1.807) is 12.1 Å². The van der Waals surface area contributed by atoms with Crippen molar-refractivity contribution in [3.63, 3.8) is 0 Å². The number of benzene rings is 1. The van der Waals surface area contributed by atoms with Gasteiger partial charge in [-0.3, -0.25) is 4.79 Å². The van der Waals surface area contributed by atoms with Gasteiger partial charge in [0.2, 0.25) is 0 Å². The highest BCUT2D eigenvalue weighted by molar-refractivity contribution is 9.10. The van der Waals surface area contributed by atoms with Crippen molar-refractivity contribution in [3.8, 4) is 5.75 Å². The molecule has 1 fully saturated rings. The van der Waals surface area contributed by atoms with Crippen LogP contribution in [0.4, 0.5) is 14.5 Å². The average Bonchev–Trinajstić information content (AvgIpc) is 2.47. The van der Waals surface area contributed by atoms with Crippen LogP contribution in [0, 0.1) is 0 Å². The lowest BCUT2D eigenvalue weighted by atomic mass is 10.2. The largest absolute Gasteiger partial charge is 0.462 e. The van der Waals surface area contributed by atoms with Crippen LogP contribution in [0.3, 0.4) is 0 Å². The van der Waals surface area contributed by atoms with Gasteiger partial charge < -0.3 is 19.7 Å². The number of hydrogen-bond acceptors (Lipinski definition) is 5. The van der Waals surface area contributed by atoms with Gasteiger partial charge in [0, 0.05) is 30.7 Å². The molecule has 5 nitrogen and oxygen atoms in total. The summed E-state index contributed by atoms with van der Waals surface area (Å²) in [7, 11) is 0. The third kappa shape index (κ3) is 7.92. The maximum atomic E-state index is 12.3. The topological polar surface area (TPSA) is 50.8 Å². The lowest BCUT2D eigenvalue weighted by Crippen LogP contribution is -2.43. The van der Waals surface area contributed by atoms with E-state index in [0.29, 0.717) is 6.47 Å². The Labute approximate surface area is 149 Å². The molecule has 2 rings (SSSR count). The molecule has 1 aromatic rings. The third-order valence-corrected chi connectivity index (χ3v) is 3.49. The number of piperazine rings is 1. The molecular formula is C16H23BrF2N2O3. The summed E-state index contributed by atoms with van der Waals surface area (Å²) in [5.74, 6) is 0.219.